The normalized spacial score (nSPS) is 16.0. The van der Waals surface area contributed by atoms with Gasteiger partial charge in [-0.3, -0.25) is 19.5 Å². The number of anilines is 1. The lowest BCUT2D eigenvalue weighted by atomic mass is 9.99. The van der Waals surface area contributed by atoms with E-state index in [1.54, 1.807) is 38.7 Å². The van der Waals surface area contributed by atoms with Crippen LogP contribution in [-0.2, 0) is 6.54 Å². The Labute approximate surface area is 205 Å². The van der Waals surface area contributed by atoms with Crippen molar-refractivity contribution in [2.75, 3.05) is 46.2 Å². The Kier molecular flexibility index (Phi) is 7.62. The molecule has 1 aromatic heterocycles. The minimum atomic E-state index is -0.122. The Morgan fingerprint density at radius 3 is 2.69 bits per heavy atom. The standard InChI is InChI=1S/C27H31N5O3/c1-28-26(33)21-8-4-7-20(14-21)24-18-32(13-12-31(24)2)27(34)22-9-10-25(35-3)23(15-22)30-17-19-6-5-11-29-16-19/h4-11,14-16,24,30H,12-13,17-18H2,1-3H3,(H,28,33)/t24-/m0/s1. The molecule has 2 aromatic carbocycles. The first-order valence-electron chi connectivity index (χ1n) is 11.6. The lowest BCUT2D eigenvalue weighted by molar-refractivity contribution is 0.0545. The summed E-state index contributed by atoms with van der Waals surface area (Å²) in [5.41, 5.74) is 4.02. The molecule has 35 heavy (non-hydrogen) atoms. The second-order valence-electron chi connectivity index (χ2n) is 8.58. The fraction of sp³-hybridized carbons (Fsp3) is 0.296. The third-order valence-electron chi connectivity index (χ3n) is 6.35. The Morgan fingerprint density at radius 1 is 1.09 bits per heavy atom. The Morgan fingerprint density at radius 2 is 1.94 bits per heavy atom. The molecule has 4 rings (SSSR count). The molecule has 1 aliphatic heterocycles. The van der Waals surface area contributed by atoms with Crippen molar-refractivity contribution in [1.82, 2.24) is 20.1 Å². The van der Waals surface area contributed by atoms with Crippen LogP contribution in [0, 0.1) is 0 Å². The third-order valence-corrected chi connectivity index (χ3v) is 6.35. The Hall–Kier alpha value is -3.91. The van der Waals surface area contributed by atoms with Crippen molar-refractivity contribution in [3.63, 3.8) is 0 Å². The van der Waals surface area contributed by atoms with Gasteiger partial charge in [0.25, 0.3) is 11.8 Å². The maximum absolute atomic E-state index is 13.5. The highest BCUT2D eigenvalue weighted by atomic mass is 16.5. The summed E-state index contributed by atoms with van der Waals surface area (Å²) in [5, 5.41) is 6.03. The highest BCUT2D eigenvalue weighted by Crippen LogP contribution is 2.29. The lowest BCUT2D eigenvalue weighted by Crippen LogP contribution is -2.49. The molecule has 1 saturated heterocycles. The summed E-state index contributed by atoms with van der Waals surface area (Å²) in [4.78, 5) is 33.9. The van der Waals surface area contributed by atoms with Gasteiger partial charge >= 0.3 is 0 Å². The van der Waals surface area contributed by atoms with Crippen molar-refractivity contribution in [3.05, 3.63) is 89.2 Å². The number of carbonyl (C=O) groups is 2. The van der Waals surface area contributed by atoms with E-state index in [-0.39, 0.29) is 17.9 Å². The molecular weight excluding hydrogens is 442 g/mol. The first-order valence-corrected chi connectivity index (χ1v) is 11.6. The van der Waals surface area contributed by atoms with Crippen LogP contribution in [0.4, 0.5) is 5.69 Å². The van der Waals surface area contributed by atoms with Crippen molar-refractivity contribution in [2.45, 2.75) is 12.6 Å². The Balaban J connectivity index is 1.52. The van der Waals surface area contributed by atoms with Gasteiger partial charge in [0, 0.05) is 56.7 Å². The van der Waals surface area contributed by atoms with Gasteiger partial charge in [0.15, 0.2) is 0 Å². The monoisotopic (exact) mass is 473 g/mol. The third kappa shape index (κ3) is 5.60. The van der Waals surface area contributed by atoms with E-state index in [9.17, 15) is 9.59 Å². The number of methoxy groups -OCH3 is 1. The van der Waals surface area contributed by atoms with Crippen molar-refractivity contribution in [1.29, 1.82) is 0 Å². The summed E-state index contributed by atoms with van der Waals surface area (Å²) in [6.45, 7) is 2.48. The van der Waals surface area contributed by atoms with E-state index in [1.165, 1.54) is 0 Å². The number of nitrogens with one attached hydrogen (secondary N) is 2. The van der Waals surface area contributed by atoms with Gasteiger partial charge in [-0.05, 0) is 54.6 Å². The van der Waals surface area contributed by atoms with Gasteiger partial charge < -0.3 is 20.3 Å². The number of hydrogen-bond donors (Lipinski definition) is 2. The summed E-state index contributed by atoms with van der Waals surface area (Å²) in [6.07, 6.45) is 3.54. The van der Waals surface area contributed by atoms with Crippen LogP contribution >= 0.6 is 0 Å². The molecule has 1 atom stereocenters. The number of amides is 2. The van der Waals surface area contributed by atoms with Gasteiger partial charge in [-0.2, -0.15) is 0 Å². The number of hydrogen-bond acceptors (Lipinski definition) is 6. The number of carbonyl (C=O) groups excluding carboxylic acids is 2. The molecule has 2 amide bonds. The van der Waals surface area contributed by atoms with Gasteiger partial charge in [0.05, 0.1) is 18.8 Å². The summed E-state index contributed by atoms with van der Waals surface area (Å²) >= 11 is 0. The SMILES string of the molecule is CNC(=O)c1cccc([C@@H]2CN(C(=O)c3ccc(OC)c(NCc4cccnc4)c3)CCN2C)c1. The van der Waals surface area contributed by atoms with E-state index in [2.05, 4.69) is 20.5 Å². The predicted octanol–water partition coefficient (Wildman–Crippen LogP) is 3.19. The van der Waals surface area contributed by atoms with Crippen LogP contribution in [0.3, 0.4) is 0 Å². The first-order chi connectivity index (χ1) is 17.0. The number of piperazine rings is 1. The quantitative estimate of drug-likeness (QED) is 0.548. The topological polar surface area (TPSA) is 86.8 Å². The molecule has 2 N–H and O–H groups in total. The van der Waals surface area contributed by atoms with Crippen molar-refractivity contribution >= 4 is 17.5 Å². The minimum absolute atomic E-state index is 0.00118. The zero-order chi connectivity index (χ0) is 24.8. The molecule has 0 radical (unpaired) electrons. The van der Waals surface area contributed by atoms with E-state index < -0.39 is 0 Å². The molecule has 182 valence electrons. The maximum Gasteiger partial charge on any atom is 0.254 e. The van der Waals surface area contributed by atoms with Crippen molar-refractivity contribution in [2.24, 2.45) is 0 Å². The lowest BCUT2D eigenvalue weighted by Gasteiger charge is -2.40. The smallest absolute Gasteiger partial charge is 0.254 e. The van der Waals surface area contributed by atoms with Crippen LogP contribution in [0.5, 0.6) is 5.75 Å². The van der Waals surface area contributed by atoms with Crippen LogP contribution < -0.4 is 15.4 Å². The zero-order valence-electron chi connectivity index (χ0n) is 20.3. The summed E-state index contributed by atoms with van der Waals surface area (Å²) < 4.78 is 5.50. The van der Waals surface area contributed by atoms with E-state index in [4.69, 9.17) is 4.74 Å². The van der Waals surface area contributed by atoms with Gasteiger partial charge in [-0.1, -0.05) is 18.2 Å². The molecule has 1 fully saturated rings. The van der Waals surface area contributed by atoms with E-state index in [0.29, 0.717) is 36.5 Å². The second kappa shape index (κ2) is 11.0. The van der Waals surface area contributed by atoms with Gasteiger partial charge in [-0.25, -0.2) is 0 Å². The number of nitrogens with zero attached hydrogens (tertiary/aromatic N) is 3. The van der Waals surface area contributed by atoms with Crippen LogP contribution in [0.1, 0.15) is 37.9 Å². The largest absolute Gasteiger partial charge is 0.495 e. The highest BCUT2D eigenvalue weighted by Gasteiger charge is 2.29. The second-order valence-corrected chi connectivity index (χ2v) is 8.58. The molecule has 0 aliphatic carbocycles. The summed E-state index contributed by atoms with van der Waals surface area (Å²) in [6, 6.07) is 16.9. The molecule has 3 aromatic rings. The number of likely N-dealkylation sites (N-methyl/N-ethyl adjacent to an activating group) is 1. The average Bonchev–Trinajstić information content (AvgIpc) is 2.91. The average molecular weight is 474 g/mol. The molecule has 2 heterocycles. The molecule has 0 bridgehead atoms. The van der Waals surface area contributed by atoms with Crippen LogP contribution in [0.15, 0.2) is 67.0 Å². The van der Waals surface area contributed by atoms with Gasteiger partial charge in [0.1, 0.15) is 5.75 Å². The van der Waals surface area contributed by atoms with Crippen LogP contribution in [0.25, 0.3) is 0 Å². The molecule has 8 heteroatoms. The first kappa shape index (κ1) is 24.2. The number of benzene rings is 2. The molecule has 0 unspecified atom stereocenters. The summed E-state index contributed by atoms with van der Waals surface area (Å²) in [5.74, 6) is 0.521. The minimum Gasteiger partial charge on any atom is -0.495 e. The number of pyridine rings is 1. The van der Waals surface area contributed by atoms with E-state index >= 15 is 0 Å². The maximum atomic E-state index is 13.5. The number of rotatable bonds is 7. The Bertz CT molecular complexity index is 1180. The number of ether oxygens (including phenoxy) is 1. The predicted molar refractivity (Wildman–Crippen MR) is 136 cm³/mol. The van der Waals surface area contributed by atoms with Crippen molar-refractivity contribution < 1.29 is 14.3 Å². The summed E-state index contributed by atoms with van der Waals surface area (Å²) in [7, 11) is 5.29. The van der Waals surface area contributed by atoms with Crippen molar-refractivity contribution in [3.8, 4) is 5.75 Å². The zero-order valence-corrected chi connectivity index (χ0v) is 20.3. The van der Waals surface area contributed by atoms with Gasteiger partial charge in [-0.15, -0.1) is 0 Å². The van der Waals surface area contributed by atoms with E-state index in [1.807, 2.05) is 54.4 Å². The fourth-order valence-electron chi connectivity index (χ4n) is 4.31. The van der Waals surface area contributed by atoms with Crippen LogP contribution in [0.2, 0.25) is 0 Å². The molecule has 0 saturated carbocycles. The molecule has 0 spiro atoms. The van der Waals surface area contributed by atoms with Gasteiger partial charge in [0.2, 0.25) is 0 Å². The van der Waals surface area contributed by atoms with E-state index in [0.717, 1.165) is 23.4 Å². The number of aromatic nitrogens is 1. The van der Waals surface area contributed by atoms with Crippen LogP contribution in [-0.4, -0.2) is 67.4 Å². The molecule has 1 aliphatic rings. The highest BCUT2D eigenvalue weighted by molar-refractivity contribution is 5.96. The molecule has 8 nitrogen and oxygen atoms in total. The fourth-order valence-corrected chi connectivity index (χ4v) is 4.31. The molecular formula is C27H31N5O3.